The Morgan fingerprint density at radius 2 is 1.76 bits per heavy atom. The molecule has 1 fully saturated rings. The van der Waals surface area contributed by atoms with Crippen LogP contribution in [0.2, 0.25) is 0 Å². The van der Waals surface area contributed by atoms with Crippen LogP contribution in [0.1, 0.15) is 51.2 Å². The SMILES string of the molecule is CC/C=C(\c1ccc(C(C)C)cc1)N(C)c1ccc2c(c1)c(N1CCOCC1)cc(=O)n2CC. The van der Waals surface area contributed by atoms with Gasteiger partial charge in [-0.2, -0.15) is 0 Å². The number of ether oxygens (including phenoxy) is 1. The zero-order chi connectivity index (χ0) is 24.2. The number of aromatic nitrogens is 1. The maximum Gasteiger partial charge on any atom is 0.253 e. The summed E-state index contributed by atoms with van der Waals surface area (Å²) in [7, 11) is 2.13. The smallest absolute Gasteiger partial charge is 0.253 e. The summed E-state index contributed by atoms with van der Waals surface area (Å²) in [6.07, 6.45) is 3.23. The van der Waals surface area contributed by atoms with Crippen LogP contribution in [0, 0.1) is 0 Å². The molecule has 3 aromatic rings. The highest BCUT2D eigenvalue weighted by atomic mass is 16.5. The molecule has 180 valence electrons. The number of allylic oxidation sites excluding steroid dienone is 1. The van der Waals surface area contributed by atoms with Crippen molar-refractivity contribution in [1.29, 1.82) is 0 Å². The van der Waals surface area contributed by atoms with Crippen molar-refractivity contribution >= 4 is 28.0 Å². The molecule has 1 aliphatic rings. The van der Waals surface area contributed by atoms with Crippen molar-refractivity contribution in [3.8, 4) is 0 Å². The molecule has 0 radical (unpaired) electrons. The van der Waals surface area contributed by atoms with E-state index in [1.807, 2.05) is 11.5 Å². The van der Waals surface area contributed by atoms with Gasteiger partial charge in [0, 0.05) is 49.5 Å². The highest BCUT2D eigenvalue weighted by Crippen LogP contribution is 2.33. The summed E-state index contributed by atoms with van der Waals surface area (Å²) in [6.45, 7) is 12.3. The van der Waals surface area contributed by atoms with Gasteiger partial charge in [-0.3, -0.25) is 4.79 Å². The molecule has 5 heteroatoms. The zero-order valence-electron chi connectivity index (χ0n) is 21.2. The lowest BCUT2D eigenvalue weighted by Gasteiger charge is -2.31. The zero-order valence-corrected chi connectivity index (χ0v) is 21.2. The fourth-order valence-corrected chi connectivity index (χ4v) is 4.78. The second kappa shape index (κ2) is 10.5. The normalized spacial score (nSPS) is 14.8. The first kappa shape index (κ1) is 24.1. The van der Waals surface area contributed by atoms with Gasteiger partial charge < -0.3 is 19.1 Å². The molecule has 2 heterocycles. The second-order valence-corrected chi connectivity index (χ2v) is 9.25. The third kappa shape index (κ3) is 4.76. The fraction of sp³-hybridized carbons (Fsp3) is 0.414. The first-order valence-electron chi connectivity index (χ1n) is 12.5. The van der Waals surface area contributed by atoms with Crippen LogP contribution in [0.25, 0.3) is 16.6 Å². The van der Waals surface area contributed by atoms with Gasteiger partial charge in [-0.1, -0.05) is 51.1 Å². The maximum absolute atomic E-state index is 12.9. The summed E-state index contributed by atoms with van der Waals surface area (Å²) in [5.74, 6) is 0.514. The molecule has 0 saturated carbocycles. The van der Waals surface area contributed by atoms with E-state index in [1.165, 1.54) is 16.8 Å². The van der Waals surface area contributed by atoms with Gasteiger partial charge in [-0.05, 0) is 48.6 Å². The summed E-state index contributed by atoms with van der Waals surface area (Å²) in [5.41, 5.74) is 6.89. The van der Waals surface area contributed by atoms with Crippen LogP contribution < -0.4 is 15.4 Å². The molecular weight excluding hydrogens is 422 g/mol. The molecule has 1 aromatic heterocycles. The van der Waals surface area contributed by atoms with E-state index in [2.05, 4.69) is 86.2 Å². The van der Waals surface area contributed by atoms with Crippen LogP contribution in [0.3, 0.4) is 0 Å². The molecule has 4 rings (SSSR count). The van der Waals surface area contributed by atoms with Gasteiger partial charge in [0.1, 0.15) is 0 Å². The number of pyridine rings is 1. The Kier molecular flexibility index (Phi) is 7.42. The number of rotatable bonds is 7. The highest BCUT2D eigenvalue weighted by Gasteiger charge is 2.18. The molecular formula is C29H37N3O2. The Morgan fingerprint density at radius 1 is 1.06 bits per heavy atom. The van der Waals surface area contributed by atoms with Gasteiger partial charge in [-0.15, -0.1) is 0 Å². The molecule has 0 spiro atoms. The van der Waals surface area contributed by atoms with E-state index in [9.17, 15) is 4.79 Å². The van der Waals surface area contributed by atoms with Gasteiger partial charge in [0.2, 0.25) is 0 Å². The van der Waals surface area contributed by atoms with E-state index in [-0.39, 0.29) is 5.56 Å². The summed E-state index contributed by atoms with van der Waals surface area (Å²) >= 11 is 0. The second-order valence-electron chi connectivity index (χ2n) is 9.25. The topological polar surface area (TPSA) is 37.7 Å². The molecule has 0 N–H and O–H groups in total. The third-order valence-electron chi connectivity index (χ3n) is 6.76. The lowest BCUT2D eigenvalue weighted by atomic mass is 10.00. The maximum atomic E-state index is 12.9. The standard InChI is InChI=1S/C29H37N3O2/c1-6-8-26(23-11-9-22(10-12-23)21(3)4)30(5)24-13-14-27-25(19-24)28(20-29(33)32(27)7-2)31-15-17-34-18-16-31/h8-14,19-21H,6-7,15-18H2,1-5H3/b26-8+. The van der Waals surface area contributed by atoms with Gasteiger partial charge in [0.05, 0.1) is 24.4 Å². The Balaban J connectivity index is 1.80. The number of anilines is 2. The average molecular weight is 460 g/mol. The minimum Gasteiger partial charge on any atom is -0.378 e. The Hall–Kier alpha value is -3.05. The van der Waals surface area contributed by atoms with E-state index in [0.29, 0.717) is 25.7 Å². The highest BCUT2D eigenvalue weighted by molar-refractivity contribution is 5.96. The first-order valence-corrected chi connectivity index (χ1v) is 12.5. The molecule has 5 nitrogen and oxygen atoms in total. The minimum absolute atomic E-state index is 0.0504. The lowest BCUT2D eigenvalue weighted by Crippen LogP contribution is -2.37. The van der Waals surface area contributed by atoms with E-state index < -0.39 is 0 Å². The molecule has 0 unspecified atom stereocenters. The summed E-state index contributed by atoms with van der Waals surface area (Å²) in [6, 6.07) is 17.2. The Labute approximate surface area is 203 Å². The van der Waals surface area contributed by atoms with E-state index >= 15 is 0 Å². The minimum atomic E-state index is 0.0504. The van der Waals surface area contributed by atoms with Gasteiger partial charge in [0.15, 0.2) is 0 Å². The van der Waals surface area contributed by atoms with Crippen LogP contribution >= 0.6 is 0 Å². The summed E-state index contributed by atoms with van der Waals surface area (Å²) in [4.78, 5) is 17.4. The van der Waals surface area contributed by atoms with Crippen molar-refractivity contribution in [2.45, 2.75) is 46.6 Å². The van der Waals surface area contributed by atoms with Crippen LogP contribution in [0.5, 0.6) is 0 Å². The van der Waals surface area contributed by atoms with Crippen LogP contribution in [-0.4, -0.2) is 37.9 Å². The quantitative estimate of drug-likeness (QED) is 0.443. The van der Waals surface area contributed by atoms with E-state index in [1.54, 1.807) is 6.07 Å². The lowest BCUT2D eigenvalue weighted by molar-refractivity contribution is 0.123. The molecule has 2 aromatic carbocycles. The predicted octanol–water partition coefficient (Wildman–Crippen LogP) is 5.87. The van der Waals surface area contributed by atoms with Gasteiger partial charge in [0.25, 0.3) is 5.56 Å². The number of fused-ring (bicyclic) bond motifs is 1. The van der Waals surface area contributed by atoms with Crippen molar-refractivity contribution < 1.29 is 4.74 Å². The van der Waals surface area contributed by atoms with Crippen LogP contribution in [0.4, 0.5) is 11.4 Å². The van der Waals surface area contributed by atoms with Crippen molar-refractivity contribution in [1.82, 2.24) is 4.57 Å². The number of hydrogen-bond acceptors (Lipinski definition) is 4. The van der Waals surface area contributed by atoms with Crippen molar-refractivity contribution in [2.24, 2.45) is 0 Å². The largest absolute Gasteiger partial charge is 0.378 e. The van der Waals surface area contributed by atoms with Crippen LogP contribution in [-0.2, 0) is 11.3 Å². The van der Waals surface area contributed by atoms with E-state index in [4.69, 9.17) is 4.74 Å². The number of morpholine rings is 1. The number of aryl methyl sites for hydroxylation is 1. The van der Waals surface area contributed by atoms with Crippen molar-refractivity contribution in [2.75, 3.05) is 43.2 Å². The molecule has 34 heavy (non-hydrogen) atoms. The Morgan fingerprint density at radius 3 is 2.38 bits per heavy atom. The summed E-state index contributed by atoms with van der Waals surface area (Å²) in [5, 5.41) is 1.11. The van der Waals surface area contributed by atoms with Gasteiger partial charge >= 0.3 is 0 Å². The summed E-state index contributed by atoms with van der Waals surface area (Å²) < 4.78 is 7.42. The molecule has 1 saturated heterocycles. The monoisotopic (exact) mass is 459 g/mol. The molecule has 0 bridgehead atoms. The third-order valence-corrected chi connectivity index (χ3v) is 6.76. The number of nitrogens with zero attached hydrogens (tertiary/aromatic N) is 3. The molecule has 0 aliphatic carbocycles. The van der Waals surface area contributed by atoms with Gasteiger partial charge in [-0.25, -0.2) is 0 Å². The fourth-order valence-electron chi connectivity index (χ4n) is 4.78. The molecule has 0 atom stereocenters. The van der Waals surface area contributed by atoms with Crippen LogP contribution in [0.15, 0.2) is 59.4 Å². The number of hydrogen-bond donors (Lipinski definition) is 0. The Bertz CT molecular complexity index is 1220. The van der Waals surface area contributed by atoms with Crippen molar-refractivity contribution in [3.05, 3.63) is 76.1 Å². The number of benzene rings is 2. The molecule has 0 amide bonds. The first-order chi connectivity index (χ1) is 16.4. The molecule has 1 aliphatic heterocycles. The predicted molar refractivity (Wildman–Crippen MR) is 144 cm³/mol. The van der Waals surface area contributed by atoms with Crippen molar-refractivity contribution in [3.63, 3.8) is 0 Å². The van der Waals surface area contributed by atoms with E-state index in [0.717, 1.165) is 41.8 Å². The average Bonchev–Trinajstić information content (AvgIpc) is 2.86.